The number of carbonyl (C=O) groups excluding carboxylic acids is 1. The third kappa shape index (κ3) is 2.15. The molecule has 4 rings (SSSR count). The van der Waals surface area contributed by atoms with E-state index >= 15 is 0 Å². The van der Waals surface area contributed by atoms with E-state index in [1.165, 1.54) is 6.42 Å². The van der Waals surface area contributed by atoms with Crippen molar-refractivity contribution in [3.63, 3.8) is 0 Å². The number of nitrogens with zero attached hydrogens (tertiary/aromatic N) is 4. The third-order valence-corrected chi connectivity index (χ3v) is 5.02. The van der Waals surface area contributed by atoms with Crippen LogP contribution >= 0.6 is 0 Å². The Kier molecular flexibility index (Phi) is 2.86. The zero-order valence-electron chi connectivity index (χ0n) is 11.6. The van der Waals surface area contributed by atoms with Crippen LogP contribution in [0.5, 0.6) is 0 Å². The van der Waals surface area contributed by atoms with Crippen LogP contribution in [-0.4, -0.2) is 47.0 Å². The number of rotatable bonds is 2. The average molecular weight is 272 g/mol. The van der Waals surface area contributed by atoms with Crippen LogP contribution in [0, 0.1) is 17.8 Å². The standard InChI is InChI=1S/C15H20N4O/c20-14(13-9-11-8-12(11)10-13)18-4-6-19(7-5-18)15-16-2-1-3-17-15/h1-3,11-13H,4-10H2. The molecule has 3 aliphatic rings. The van der Waals surface area contributed by atoms with Crippen molar-refractivity contribution in [1.82, 2.24) is 14.9 Å². The van der Waals surface area contributed by atoms with Gasteiger partial charge in [0.1, 0.15) is 0 Å². The lowest BCUT2D eigenvalue weighted by molar-refractivity contribution is -0.136. The van der Waals surface area contributed by atoms with E-state index < -0.39 is 0 Å². The van der Waals surface area contributed by atoms with Gasteiger partial charge in [-0.25, -0.2) is 9.97 Å². The van der Waals surface area contributed by atoms with Gasteiger partial charge in [0.25, 0.3) is 0 Å². The normalized spacial score (nSPS) is 32.1. The van der Waals surface area contributed by atoms with E-state index in [1.54, 1.807) is 12.4 Å². The molecule has 1 amide bonds. The van der Waals surface area contributed by atoms with Gasteiger partial charge in [-0.05, 0) is 37.2 Å². The minimum Gasteiger partial charge on any atom is -0.339 e. The highest BCUT2D eigenvalue weighted by molar-refractivity contribution is 5.79. The van der Waals surface area contributed by atoms with E-state index in [0.29, 0.717) is 11.8 Å². The highest BCUT2D eigenvalue weighted by atomic mass is 16.2. The molecule has 2 heterocycles. The van der Waals surface area contributed by atoms with E-state index in [9.17, 15) is 4.79 Å². The van der Waals surface area contributed by atoms with Gasteiger partial charge in [-0.2, -0.15) is 0 Å². The van der Waals surface area contributed by atoms with Crippen LogP contribution in [0.3, 0.4) is 0 Å². The fraction of sp³-hybridized carbons (Fsp3) is 0.667. The second-order valence-electron chi connectivity index (χ2n) is 6.29. The lowest BCUT2D eigenvalue weighted by atomic mass is 10.0. The Hall–Kier alpha value is -1.65. The number of carbonyl (C=O) groups is 1. The van der Waals surface area contributed by atoms with Crippen LogP contribution in [0.1, 0.15) is 19.3 Å². The molecule has 2 unspecified atom stereocenters. The molecule has 2 aliphatic carbocycles. The number of amides is 1. The maximum atomic E-state index is 12.5. The molecule has 0 bridgehead atoms. The van der Waals surface area contributed by atoms with Gasteiger partial charge in [0, 0.05) is 44.5 Å². The fourth-order valence-electron chi connectivity index (χ4n) is 3.76. The second kappa shape index (κ2) is 4.72. The Labute approximate surface area is 119 Å². The Morgan fingerprint density at radius 2 is 1.65 bits per heavy atom. The first kappa shape index (κ1) is 12.1. The average Bonchev–Trinajstić information content (AvgIpc) is 3.13. The molecule has 1 saturated heterocycles. The Morgan fingerprint density at radius 1 is 1.00 bits per heavy atom. The lowest BCUT2D eigenvalue weighted by Gasteiger charge is -2.36. The molecule has 1 aromatic rings. The minimum atomic E-state index is 0.318. The maximum absolute atomic E-state index is 12.5. The number of hydrogen-bond donors (Lipinski definition) is 0. The highest BCUT2D eigenvalue weighted by Crippen LogP contribution is 2.54. The molecular weight excluding hydrogens is 252 g/mol. The Morgan fingerprint density at radius 3 is 2.30 bits per heavy atom. The van der Waals surface area contributed by atoms with Crippen LogP contribution in [0.25, 0.3) is 0 Å². The van der Waals surface area contributed by atoms with Crippen molar-refractivity contribution in [2.45, 2.75) is 19.3 Å². The highest BCUT2D eigenvalue weighted by Gasteiger charge is 2.48. The molecule has 5 nitrogen and oxygen atoms in total. The van der Waals surface area contributed by atoms with Gasteiger partial charge in [0.15, 0.2) is 0 Å². The first-order valence-electron chi connectivity index (χ1n) is 7.62. The van der Waals surface area contributed by atoms with Crippen molar-refractivity contribution in [1.29, 1.82) is 0 Å². The van der Waals surface area contributed by atoms with Gasteiger partial charge in [-0.15, -0.1) is 0 Å². The van der Waals surface area contributed by atoms with Gasteiger partial charge >= 0.3 is 0 Å². The molecule has 0 radical (unpaired) electrons. The molecule has 0 N–H and O–H groups in total. The quantitative estimate of drug-likeness (QED) is 0.811. The monoisotopic (exact) mass is 272 g/mol. The van der Waals surface area contributed by atoms with E-state index in [-0.39, 0.29) is 0 Å². The van der Waals surface area contributed by atoms with Crippen molar-refractivity contribution in [2.75, 3.05) is 31.1 Å². The molecule has 5 heteroatoms. The van der Waals surface area contributed by atoms with Crippen molar-refractivity contribution in [3.8, 4) is 0 Å². The minimum absolute atomic E-state index is 0.318. The molecular formula is C15H20N4O. The lowest BCUT2D eigenvalue weighted by Crippen LogP contribution is -2.50. The van der Waals surface area contributed by atoms with E-state index in [4.69, 9.17) is 0 Å². The van der Waals surface area contributed by atoms with Gasteiger partial charge in [0.05, 0.1) is 0 Å². The first-order valence-corrected chi connectivity index (χ1v) is 7.62. The van der Waals surface area contributed by atoms with Crippen LogP contribution in [0.15, 0.2) is 18.5 Å². The van der Waals surface area contributed by atoms with E-state index in [0.717, 1.165) is 56.8 Å². The smallest absolute Gasteiger partial charge is 0.225 e. The molecule has 0 aromatic carbocycles. The Bertz CT molecular complexity index is 488. The molecule has 2 atom stereocenters. The van der Waals surface area contributed by atoms with Crippen molar-refractivity contribution >= 4 is 11.9 Å². The summed E-state index contributed by atoms with van der Waals surface area (Å²) in [4.78, 5) is 25.3. The summed E-state index contributed by atoms with van der Waals surface area (Å²) >= 11 is 0. The molecule has 3 fully saturated rings. The molecule has 20 heavy (non-hydrogen) atoms. The maximum Gasteiger partial charge on any atom is 0.225 e. The van der Waals surface area contributed by atoms with Crippen LogP contribution in [0.2, 0.25) is 0 Å². The second-order valence-corrected chi connectivity index (χ2v) is 6.29. The number of aromatic nitrogens is 2. The SMILES string of the molecule is O=C(C1CC2CC2C1)N1CCN(c2ncccn2)CC1. The third-order valence-electron chi connectivity index (χ3n) is 5.02. The van der Waals surface area contributed by atoms with Crippen molar-refractivity contribution in [3.05, 3.63) is 18.5 Å². The summed E-state index contributed by atoms with van der Waals surface area (Å²) in [5.74, 6) is 3.25. The predicted octanol–water partition coefficient (Wildman–Crippen LogP) is 1.17. The topological polar surface area (TPSA) is 49.3 Å². The summed E-state index contributed by atoms with van der Waals surface area (Å²) in [7, 11) is 0. The number of piperazine rings is 1. The van der Waals surface area contributed by atoms with Gasteiger partial charge in [-0.1, -0.05) is 0 Å². The number of hydrogen-bond acceptors (Lipinski definition) is 4. The summed E-state index contributed by atoms with van der Waals surface area (Å²) in [6.07, 6.45) is 7.20. The van der Waals surface area contributed by atoms with Crippen LogP contribution in [-0.2, 0) is 4.79 Å². The van der Waals surface area contributed by atoms with Gasteiger partial charge < -0.3 is 9.80 Å². The zero-order chi connectivity index (χ0) is 13.5. The Balaban J connectivity index is 1.34. The molecule has 0 spiro atoms. The number of anilines is 1. The zero-order valence-corrected chi connectivity index (χ0v) is 11.6. The van der Waals surface area contributed by atoms with Crippen LogP contribution < -0.4 is 4.90 Å². The molecule has 1 aromatic heterocycles. The van der Waals surface area contributed by atoms with Crippen molar-refractivity contribution in [2.24, 2.45) is 17.8 Å². The summed E-state index contributed by atoms with van der Waals surface area (Å²) in [6.45, 7) is 3.30. The van der Waals surface area contributed by atoms with Crippen LogP contribution in [0.4, 0.5) is 5.95 Å². The van der Waals surface area contributed by atoms with E-state index in [2.05, 4.69) is 19.8 Å². The number of fused-ring (bicyclic) bond motifs is 1. The molecule has 1 aliphatic heterocycles. The van der Waals surface area contributed by atoms with Gasteiger partial charge in [0.2, 0.25) is 11.9 Å². The fourth-order valence-corrected chi connectivity index (χ4v) is 3.76. The van der Waals surface area contributed by atoms with Gasteiger partial charge in [-0.3, -0.25) is 4.79 Å². The van der Waals surface area contributed by atoms with E-state index in [1.807, 2.05) is 6.07 Å². The first-order chi connectivity index (χ1) is 9.81. The van der Waals surface area contributed by atoms with Crippen molar-refractivity contribution < 1.29 is 4.79 Å². The summed E-state index contributed by atoms with van der Waals surface area (Å²) in [5.41, 5.74) is 0. The predicted molar refractivity (Wildman–Crippen MR) is 75.1 cm³/mol. The largest absolute Gasteiger partial charge is 0.339 e. The summed E-state index contributed by atoms with van der Waals surface area (Å²) in [6, 6.07) is 1.83. The molecule has 2 saturated carbocycles. The summed E-state index contributed by atoms with van der Waals surface area (Å²) < 4.78 is 0. The summed E-state index contributed by atoms with van der Waals surface area (Å²) in [5, 5.41) is 0. The molecule has 106 valence electrons.